The number of rotatable bonds is 5. The van der Waals surface area contributed by atoms with Crippen LogP contribution in [0.15, 0.2) is 67.2 Å². The number of para-hydroxylation sites is 2. The van der Waals surface area contributed by atoms with Gasteiger partial charge in [0.2, 0.25) is 0 Å². The van der Waals surface area contributed by atoms with Crippen LogP contribution >= 0.6 is 0 Å². The fraction of sp³-hybridized carbons (Fsp3) is 0.125. The molecular formula is C24H22N2O. The van der Waals surface area contributed by atoms with E-state index < -0.39 is 0 Å². The number of aryl methyl sites for hydroxylation is 2. The monoisotopic (exact) mass is 354 g/mol. The molecule has 0 aliphatic carbocycles. The zero-order valence-corrected chi connectivity index (χ0v) is 15.6. The molecule has 134 valence electrons. The van der Waals surface area contributed by atoms with Gasteiger partial charge in [0.25, 0.3) is 0 Å². The lowest BCUT2D eigenvalue weighted by Gasteiger charge is -2.12. The SMILES string of the molecule is C=Cc1ccc(COc2cc(C)c(-c3nc4ccccc4[nH]3)c(C)c2)cc1. The van der Waals surface area contributed by atoms with Crippen LogP contribution in [-0.2, 0) is 6.61 Å². The van der Waals surface area contributed by atoms with Crippen molar-refractivity contribution in [2.45, 2.75) is 20.5 Å². The van der Waals surface area contributed by atoms with Crippen LogP contribution in [0.3, 0.4) is 0 Å². The van der Waals surface area contributed by atoms with Gasteiger partial charge in [-0.25, -0.2) is 4.98 Å². The summed E-state index contributed by atoms with van der Waals surface area (Å²) in [5.74, 6) is 1.77. The smallest absolute Gasteiger partial charge is 0.139 e. The first-order valence-electron chi connectivity index (χ1n) is 9.04. The second-order valence-electron chi connectivity index (χ2n) is 6.77. The quantitative estimate of drug-likeness (QED) is 0.472. The van der Waals surface area contributed by atoms with Crippen molar-refractivity contribution in [3.63, 3.8) is 0 Å². The number of nitrogens with one attached hydrogen (secondary N) is 1. The molecule has 0 atom stereocenters. The average molecular weight is 354 g/mol. The Bertz CT molecular complexity index is 1050. The summed E-state index contributed by atoms with van der Waals surface area (Å²) >= 11 is 0. The van der Waals surface area contributed by atoms with E-state index in [2.05, 4.69) is 49.7 Å². The highest BCUT2D eigenvalue weighted by atomic mass is 16.5. The molecule has 3 aromatic carbocycles. The standard InChI is InChI=1S/C24H22N2O/c1-4-18-9-11-19(12-10-18)15-27-20-13-16(2)23(17(3)14-20)24-25-21-7-5-6-8-22(21)26-24/h4-14H,1,15H2,2-3H3,(H,25,26). The van der Waals surface area contributed by atoms with E-state index in [0.717, 1.165) is 50.4 Å². The number of hydrogen-bond acceptors (Lipinski definition) is 2. The molecule has 0 saturated carbocycles. The molecule has 0 amide bonds. The number of benzene rings is 3. The molecule has 0 unspecified atom stereocenters. The lowest BCUT2D eigenvalue weighted by Crippen LogP contribution is -1.98. The minimum atomic E-state index is 0.542. The molecule has 1 N–H and O–H groups in total. The fourth-order valence-electron chi connectivity index (χ4n) is 3.37. The number of aromatic nitrogens is 2. The fourth-order valence-corrected chi connectivity index (χ4v) is 3.37. The molecule has 3 nitrogen and oxygen atoms in total. The van der Waals surface area contributed by atoms with E-state index >= 15 is 0 Å². The third-order valence-electron chi connectivity index (χ3n) is 4.75. The molecule has 0 bridgehead atoms. The van der Waals surface area contributed by atoms with E-state index in [1.807, 2.05) is 42.5 Å². The van der Waals surface area contributed by atoms with Crippen molar-refractivity contribution in [2.24, 2.45) is 0 Å². The summed E-state index contributed by atoms with van der Waals surface area (Å²) in [5.41, 5.74) is 7.70. The minimum absolute atomic E-state index is 0.542. The maximum Gasteiger partial charge on any atom is 0.139 e. The average Bonchev–Trinajstić information content (AvgIpc) is 3.09. The van der Waals surface area contributed by atoms with Gasteiger partial charge in [0.1, 0.15) is 18.2 Å². The predicted molar refractivity (Wildman–Crippen MR) is 112 cm³/mol. The second-order valence-corrected chi connectivity index (χ2v) is 6.77. The first-order valence-corrected chi connectivity index (χ1v) is 9.04. The Morgan fingerprint density at radius 3 is 2.37 bits per heavy atom. The topological polar surface area (TPSA) is 37.9 Å². The lowest BCUT2D eigenvalue weighted by molar-refractivity contribution is 0.306. The Balaban J connectivity index is 1.58. The number of fused-ring (bicyclic) bond motifs is 1. The van der Waals surface area contributed by atoms with E-state index in [0.29, 0.717) is 6.61 Å². The number of hydrogen-bond donors (Lipinski definition) is 1. The molecule has 1 aromatic heterocycles. The van der Waals surface area contributed by atoms with Crippen molar-refractivity contribution in [3.05, 3.63) is 89.5 Å². The van der Waals surface area contributed by atoms with Crippen molar-refractivity contribution >= 4 is 17.1 Å². The Hall–Kier alpha value is -3.33. The summed E-state index contributed by atoms with van der Waals surface area (Å²) < 4.78 is 6.02. The second kappa shape index (κ2) is 7.12. The van der Waals surface area contributed by atoms with Crippen LogP contribution in [0.2, 0.25) is 0 Å². The van der Waals surface area contributed by atoms with Crippen molar-refractivity contribution in [2.75, 3.05) is 0 Å². The molecule has 0 aliphatic heterocycles. The molecule has 4 aromatic rings. The van der Waals surface area contributed by atoms with Crippen LogP contribution in [0.1, 0.15) is 22.3 Å². The van der Waals surface area contributed by atoms with E-state index in [4.69, 9.17) is 9.72 Å². The van der Waals surface area contributed by atoms with Gasteiger partial charge in [0, 0.05) is 5.56 Å². The zero-order chi connectivity index (χ0) is 18.8. The predicted octanol–water partition coefficient (Wildman–Crippen LogP) is 6.07. The molecule has 0 spiro atoms. The van der Waals surface area contributed by atoms with Gasteiger partial charge in [-0.15, -0.1) is 0 Å². The van der Waals surface area contributed by atoms with Gasteiger partial charge in [0.15, 0.2) is 0 Å². The summed E-state index contributed by atoms with van der Waals surface area (Å²) in [6, 6.07) is 20.5. The molecule has 0 radical (unpaired) electrons. The Kier molecular flexibility index (Phi) is 4.51. The molecule has 0 fully saturated rings. The molecule has 3 heteroatoms. The summed E-state index contributed by atoms with van der Waals surface area (Å²) in [5, 5.41) is 0. The summed E-state index contributed by atoms with van der Waals surface area (Å²) in [6.07, 6.45) is 1.84. The van der Waals surface area contributed by atoms with E-state index in [1.54, 1.807) is 0 Å². The van der Waals surface area contributed by atoms with Crippen molar-refractivity contribution in [1.82, 2.24) is 9.97 Å². The number of imidazole rings is 1. The van der Waals surface area contributed by atoms with Crippen molar-refractivity contribution < 1.29 is 4.74 Å². The number of nitrogens with zero attached hydrogens (tertiary/aromatic N) is 1. The Labute approximate surface area is 159 Å². The highest BCUT2D eigenvalue weighted by molar-refractivity contribution is 5.80. The molecule has 1 heterocycles. The van der Waals surface area contributed by atoms with Gasteiger partial charge in [-0.1, -0.05) is 49.1 Å². The third-order valence-corrected chi connectivity index (χ3v) is 4.75. The Morgan fingerprint density at radius 1 is 1.00 bits per heavy atom. The maximum absolute atomic E-state index is 6.02. The summed E-state index contributed by atoms with van der Waals surface area (Å²) in [7, 11) is 0. The molecule has 0 saturated heterocycles. The zero-order valence-electron chi connectivity index (χ0n) is 15.6. The minimum Gasteiger partial charge on any atom is -0.489 e. The summed E-state index contributed by atoms with van der Waals surface area (Å²) in [6.45, 7) is 8.52. The van der Waals surface area contributed by atoms with Gasteiger partial charge in [-0.2, -0.15) is 0 Å². The number of aromatic amines is 1. The van der Waals surface area contributed by atoms with E-state index in [-0.39, 0.29) is 0 Å². The van der Waals surface area contributed by atoms with Crippen LogP contribution in [0.4, 0.5) is 0 Å². The molecule has 0 aliphatic rings. The number of ether oxygens (including phenoxy) is 1. The van der Waals surface area contributed by atoms with Crippen molar-refractivity contribution in [1.29, 1.82) is 0 Å². The highest BCUT2D eigenvalue weighted by Gasteiger charge is 2.12. The maximum atomic E-state index is 6.02. The van der Waals surface area contributed by atoms with Crippen LogP contribution in [0, 0.1) is 13.8 Å². The largest absolute Gasteiger partial charge is 0.489 e. The van der Waals surface area contributed by atoms with Gasteiger partial charge in [-0.05, 0) is 60.4 Å². The third kappa shape index (κ3) is 3.49. The van der Waals surface area contributed by atoms with Gasteiger partial charge < -0.3 is 9.72 Å². The van der Waals surface area contributed by atoms with Gasteiger partial charge in [-0.3, -0.25) is 0 Å². The van der Waals surface area contributed by atoms with Gasteiger partial charge >= 0.3 is 0 Å². The van der Waals surface area contributed by atoms with E-state index in [1.165, 1.54) is 0 Å². The normalized spacial score (nSPS) is 10.9. The molecular weight excluding hydrogens is 332 g/mol. The van der Waals surface area contributed by atoms with E-state index in [9.17, 15) is 0 Å². The van der Waals surface area contributed by atoms with Crippen LogP contribution in [0.5, 0.6) is 5.75 Å². The van der Waals surface area contributed by atoms with Crippen molar-refractivity contribution in [3.8, 4) is 17.1 Å². The highest BCUT2D eigenvalue weighted by Crippen LogP contribution is 2.31. The van der Waals surface area contributed by atoms with Gasteiger partial charge in [0.05, 0.1) is 11.0 Å². The van der Waals surface area contributed by atoms with Crippen LogP contribution in [0.25, 0.3) is 28.5 Å². The lowest BCUT2D eigenvalue weighted by atomic mass is 10.0. The summed E-state index contributed by atoms with van der Waals surface area (Å²) in [4.78, 5) is 8.16. The first-order chi connectivity index (χ1) is 13.1. The molecule has 27 heavy (non-hydrogen) atoms. The van der Waals surface area contributed by atoms with Crippen LogP contribution < -0.4 is 4.74 Å². The van der Waals surface area contributed by atoms with Crippen LogP contribution in [-0.4, -0.2) is 9.97 Å². The first kappa shape index (κ1) is 17.1. The molecule has 4 rings (SSSR count). The Morgan fingerprint density at radius 2 is 1.70 bits per heavy atom. The number of H-pyrrole nitrogens is 1.